The maximum atomic E-state index is 14.3. The van der Waals surface area contributed by atoms with Crippen LogP contribution in [-0.4, -0.2) is 32.0 Å². The predicted octanol–water partition coefficient (Wildman–Crippen LogP) is 6.63. The lowest BCUT2D eigenvalue weighted by Crippen LogP contribution is -2.37. The summed E-state index contributed by atoms with van der Waals surface area (Å²) >= 11 is 18.9. The number of rotatable bonds is 7. The molecule has 0 fully saturated rings. The van der Waals surface area contributed by atoms with Crippen molar-refractivity contribution in [3.05, 3.63) is 73.6 Å². The molecule has 0 aromatic heterocycles. The summed E-state index contributed by atoms with van der Waals surface area (Å²) in [5.41, 5.74) is 1.40. The Hall–Kier alpha value is -1.39. The Balaban J connectivity index is 1.79. The Morgan fingerprint density at radius 2 is 1.76 bits per heavy atom. The van der Waals surface area contributed by atoms with Crippen LogP contribution in [0.5, 0.6) is 0 Å². The van der Waals surface area contributed by atoms with Crippen molar-refractivity contribution >= 4 is 67.9 Å². The summed E-state index contributed by atoms with van der Waals surface area (Å²) in [7, 11) is -3.47. The average molecular weight is 573 g/mol. The highest BCUT2D eigenvalue weighted by atomic mass is 35.5. The molecule has 12 heteroatoms. The maximum absolute atomic E-state index is 14.3. The van der Waals surface area contributed by atoms with E-state index >= 15 is 0 Å². The number of halogens is 6. The van der Waals surface area contributed by atoms with Gasteiger partial charge >= 0.3 is 6.18 Å². The van der Waals surface area contributed by atoms with Crippen molar-refractivity contribution in [2.45, 2.75) is 30.8 Å². The first kappa shape index (κ1) is 27.2. The highest BCUT2D eigenvalue weighted by molar-refractivity contribution is 8.03. The molecule has 34 heavy (non-hydrogen) atoms. The van der Waals surface area contributed by atoms with E-state index in [0.29, 0.717) is 28.5 Å². The zero-order chi connectivity index (χ0) is 25.3. The van der Waals surface area contributed by atoms with Gasteiger partial charge in [-0.3, -0.25) is 4.79 Å². The van der Waals surface area contributed by atoms with Gasteiger partial charge in [-0.1, -0.05) is 53.9 Å². The predicted molar refractivity (Wildman–Crippen MR) is 132 cm³/mol. The Morgan fingerprint density at radius 1 is 1.12 bits per heavy atom. The first-order valence-electron chi connectivity index (χ1n) is 9.92. The molecule has 1 unspecified atom stereocenters. The van der Waals surface area contributed by atoms with Gasteiger partial charge in [0.25, 0.3) is 0 Å². The van der Waals surface area contributed by atoms with Crippen molar-refractivity contribution in [3.8, 4) is 0 Å². The summed E-state index contributed by atoms with van der Waals surface area (Å²) < 4.78 is 63.7. The molecule has 1 amide bonds. The van der Waals surface area contributed by atoms with E-state index in [1.165, 1.54) is 36.6 Å². The van der Waals surface area contributed by atoms with Crippen molar-refractivity contribution in [3.63, 3.8) is 0 Å². The molecule has 1 N–H and O–H groups in total. The Kier molecular flexibility index (Phi) is 8.24. The Bertz CT molecular complexity index is 1230. The molecule has 1 atom stereocenters. The van der Waals surface area contributed by atoms with Gasteiger partial charge in [0.05, 0.1) is 0 Å². The zero-order valence-electron chi connectivity index (χ0n) is 17.7. The topological polar surface area (TPSA) is 63.2 Å². The van der Waals surface area contributed by atoms with Crippen molar-refractivity contribution in [2.24, 2.45) is 0 Å². The molecule has 184 valence electrons. The molecule has 3 rings (SSSR count). The summed E-state index contributed by atoms with van der Waals surface area (Å²) in [6.07, 6.45) is -4.93. The molecular formula is C22H19Cl3F3NO3S2. The second-order valence-corrected chi connectivity index (χ2v) is 12.5. The number of benzene rings is 2. The van der Waals surface area contributed by atoms with E-state index in [-0.39, 0.29) is 39.3 Å². The molecule has 0 bridgehead atoms. The van der Waals surface area contributed by atoms with Crippen LogP contribution in [0.4, 0.5) is 13.2 Å². The van der Waals surface area contributed by atoms with Crippen LogP contribution in [0.15, 0.2) is 41.8 Å². The van der Waals surface area contributed by atoms with Crippen molar-refractivity contribution < 1.29 is 26.4 Å². The zero-order valence-corrected chi connectivity index (χ0v) is 21.6. The third kappa shape index (κ3) is 6.05. The number of hydrogen-bond donors (Lipinski definition) is 1. The minimum atomic E-state index is -4.59. The molecule has 1 aliphatic heterocycles. The average Bonchev–Trinajstić information content (AvgIpc) is 3.19. The third-order valence-corrected chi connectivity index (χ3v) is 9.11. The molecule has 0 spiro atoms. The number of carbonyl (C=O) groups is 1. The van der Waals surface area contributed by atoms with E-state index in [1.807, 2.05) is 0 Å². The molecule has 0 saturated carbocycles. The molecule has 0 saturated heterocycles. The van der Waals surface area contributed by atoms with Crippen LogP contribution < -0.4 is 5.32 Å². The fourth-order valence-electron chi connectivity index (χ4n) is 3.42. The van der Waals surface area contributed by atoms with Crippen LogP contribution in [0, 0.1) is 0 Å². The lowest BCUT2D eigenvalue weighted by Gasteiger charge is -2.32. The van der Waals surface area contributed by atoms with Crippen LogP contribution in [0.3, 0.4) is 0 Å². The van der Waals surface area contributed by atoms with Crippen molar-refractivity contribution in [1.82, 2.24) is 5.32 Å². The van der Waals surface area contributed by atoms with Gasteiger partial charge in [-0.05, 0) is 51.9 Å². The number of carbonyl (C=O) groups excluding carboxylic acids is 1. The lowest BCUT2D eigenvalue weighted by atomic mass is 9.88. The number of sulfone groups is 1. The Morgan fingerprint density at radius 3 is 2.32 bits per heavy atom. The van der Waals surface area contributed by atoms with Gasteiger partial charge in [-0.2, -0.15) is 13.2 Å². The number of thioether (sulfide) groups is 1. The van der Waals surface area contributed by atoms with E-state index in [9.17, 15) is 26.4 Å². The van der Waals surface area contributed by atoms with Gasteiger partial charge in [-0.25, -0.2) is 8.42 Å². The number of nitrogens with one attached hydrogen (secondary N) is 1. The first-order chi connectivity index (χ1) is 15.8. The van der Waals surface area contributed by atoms with Gasteiger partial charge in [0, 0.05) is 33.8 Å². The molecule has 4 nitrogen and oxygen atoms in total. The lowest BCUT2D eigenvalue weighted by molar-refractivity contribution is -0.160. The highest BCUT2D eigenvalue weighted by Gasteiger charge is 2.58. The number of allylic oxidation sites excluding steroid dienone is 1. The molecule has 0 aliphatic carbocycles. The summed E-state index contributed by atoms with van der Waals surface area (Å²) in [4.78, 5) is 11.9. The number of hydrogen-bond acceptors (Lipinski definition) is 4. The smallest absolute Gasteiger partial charge is 0.351 e. The summed E-state index contributed by atoms with van der Waals surface area (Å²) in [6.45, 7) is 1.43. The van der Waals surface area contributed by atoms with Crippen molar-refractivity contribution in [2.75, 3.05) is 11.5 Å². The van der Waals surface area contributed by atoms with Gasteiger partial charge in [0.2, 0.25) is 5.91 Å². The van der Waals surface area contributed by atoms with Gasteiger partial charge < -0.3 is 5.32 Å². The molecule has 2 aromatic rings. The van der Waals surface area contributed by atoms with Crippen LogP contribution in [0.2, 0.25) is 15.1 Å². The maximum Gasteiger partial charge on any atom is 0.407 e. The second-order valence-electron chi connectivity index (χ2n) is 7.68. The fraction of sp³-hybridized carbons (Fsp3) is 0.318. The Labute approximate surface area is 214 Å². The van der Waals surface area contributed by atoms with E-state index in [2.05, 4.69) is 5.32 Å². The summed E-state index contributed by atoms with van der Waals surface area (Å²) in [5.74, 6) is -1.44. The van der Waals surface area contributed by atoms with E-state index in [0.717, 1.165) is 0 Å². The molecular weight excluding hydrogens is 554 g/mol. The molecule has 2 aromatic carbocycles. The molecule has 1 heterocycles. The minimum Gasteiger partial charge on any atom is -0.351 e. The van der Waals surface area contributed by atoms with E-state index in [1.54, 1.807) is 12.1 Å². The van der Waals surface area contributed by atoms with Crippen LogP contribution in [0.25, 0.3) is 5.57 Å². The van der Waals surface area contributed by atoms with Gasteiger partial charge in [0.15, 0.2) is 9.84 Å². The van der Waals surface area contributed by atoms with E-state index in [4.69, 9.17) is 34.8 Å². The van der Waals surface area contributed by atoms with Crippen LogP contribution in [-0.2, 0) is 25.9 Å². The SMILES string of the molecule is CCS(=O)(=O)CC(=O)NCc1ccc(C2=CSC(c3cc(Cl)cc(Cl)c3)(C(F)(F)F)C2)cc1Cl. The fourth-order valence-corrected chi connectivity index (χ4v) is 6.09. The van der Waals surface area contributed by atoms with Gasteiger partial charge in [0.1, 0.15) is 10.5 Å². The first-order valence-corrected chi connectivity index (χ1v) is 13.8. The highest BCUT2D eigenvalue weighted by Crippen LogP contribution is 2.60. The quantitative estimate of drug-likeness (QED) is 0.404. The number of amides is 1. The molecule has 1 aliphatic rings. The number of alkyl halides is 3. The largest absolute Gasteiger partial charge is 0.407 e. The summed E-state index contributed by atoms with van der Waals surface area (Å²) in [5, 5.41) is 4.40. The van der Waals surface area contributed by atoms with Crippen molar-refractivity contribution in [1.29, 1.82) is 0 Å². The standard InChI is InChI=1S/C22H19Cl3F3NO3S2/c1-2-34(31,32)12-20(30)29-10-14-4-3-13(5-19(14)25)15-9-21(33-11-15,22(26,27)28)16-6-17(23)8-18(24)7-16/h3-8,11H,2,9-10,12H2,1H3,(H,29,30). The summed E-state index contributed by atoms with van der Waals surface area (Å²) in [6, 6.07) is 8.63. The monoisotopic (exact) mass is 571 g/mol. The van der Waals surface area contributed by atoms with Crippen LogP contribution in [0.1, 0.15) is 30.0 Å². The van der Waals surface area contributed by atoms with Gasteiger partial charge in [-0.15, -0.1) is 11.8 Å². The normalized spacial score (nSPS) is 18.6. The van der Waals surface area contributed by atoms with Crippen LogP contribution >= 0.6 is 46.6 Å². The van der Waals surface area contributed by atoms with E-state index < -0.39 is 32.4 Å². The molecule has 0 radical (unpaired) electrons. The third-order valence-electron chi connectivity index (χ3n) is 5.32. The minimum absolute atomic E-state index is 0.0154. The second kappa shape index (κ2) is 10.3.